The molecular weight excluding hydrogens is 128 g/mol. The molecule has 0 saturated heterocycles. The number of hydrogen-bond acceptors (Lipinski definition) is 2. The molecule has 0 spiro atoms. The van der Waals surface area contributed by atoms with Gasteiger partial charge in [0, 0.05) is 13.3 Å². The summed E-state index contributed by atoms with van der Waals surface area (Å²) >= 11 is 0. The van der Waals surface area contributed by atoms with Crippen LogP contribution in [0.15, 0.2) is 5.10 Å². The number of unbranched alkanes of at least 4 members (excludes halogenated alkanes) is 2. The first-order chi connectivity index (χ1) is 4.81. The minimum absolute atomic E-state index is 0.683. The van der Waals surface area contributed by atoms with E-state index in [1.165, 1.54) is 5.01 Å². The van der Waals surface area contributed by atoms with E-state index >= 15 is 0 Å². The molecular formula is C7H14N2O. The molecule has 0 heterocycles. The first-order valence-corrected chi connectivity index (χ1v) is 3.51. The molecule has 0 atom stereocenters. The summed E-state index contributed by atoms with van der Waals surface area (Å²) in [5.41, 5.74) is 0. The van der Waals surface area contributed by atoms with Gasteiger partial charge in [-0.3, -0.25) is 4.79 Å². The SMILES string of the molecule is CCCC/C=N\N(C)C=O. The van der Waals surface area contributed by atoms with Gasteiger partial charge in [0.25, 0.3) is 0 Å². The Morgan fingerprint density at radius 1 is 1.60 bits per heavy atom. The smallest absolute Gasteiger partial charge is 0.229 e. The monoisotopic (exact) mass is 142 g/mol. The Balaban J connectivity index is 3.26. The largest absolute Gasteiger partial charge is 0.277 e. The first-order valence-electron chi connectivity index (χ1n) is 3.51. The Kier molecular flexibility index (Phi) is 5.72. The Morgan fingerprint density at radius 2 is 2.30 bits per heavy atom. The Labute approximate surface area is 61.7 Å². The lowest BCUT2D eigenvalue weighted by molar-refractivity contribution is -0.116. The summed E-state index contributed by atoms with van der Waals surface area (Å²) in [7, 11) is 1.62. The summed E-state index contributed by atoms with van der Waals surface area (Å²) in [4.78, 5) is 9.98. The van der Waals surface area contributed by atoms with Crippen molar-refractivity contribution in [1.82, 2.24) is 5.01 Å². The zero-order valence-electron chi connectivity index (χ0n) is 6.58. The van der Waals surface area contributed by atoms with Gasteiger partial charge in [0.05, 0.1) is 0 Å². The van der Waals surface area contributed by atoms with Crippen LogP contribution in [0.3, 0.4) is 0 Å². The molecule has 0 N–H and O–H groups in total. The molecule has 0 aliphatic carbocycles. The van der Waals surface area contributed by atoms with E-state index in [-0.39, 0.29) is 0 Å². The van der Waals surface area contributed by atoms with Crippen LogP contribution in [0, 0.1) is 0 Å². The quantitative estimate of drug-likeness (QED) is 0.246. The zero-order valence-corrected chi connectivity index (χ0v) is 6.58. The van der Waals surface area contributed by atoms with Crippen LogP contribution in [-0.4, -0.2) is 24.7 Å². The number of carbonyl (C=O) groups excluding carboxylic acids is 1. The summed E-state index contributed by atoms with van der Waals surface area (Å²) in [6.45, 7) is 2.12. The molecule has 0 aliphatic rings. The zero-order chi connectivity index (χ0) is 7.82. The van der Waals surface area contributed by atoms with Crippen molar-refractivity contribution < 1.29 is 4.79 Å². The maximum atomic E-state index is 9.98. The van der Waals surface area contributed by atoms with Crippen molar-refractivity contribution in [2.45, 2.75) is 26.2 Å². The summed E-state index contributed by atoms with van der Waals surface area (Å²) < 4.78 is 0. The van der Waals surface area contributed by atoms with Gasteiger partial charge in [0.15, 0.2) is 0 Å². The fourth-order valence-electron chi connectivity index (χ4n) is 0.509. The molecule has 0 aromatic carbocycles. The number of hydrazone groups is 1. The Bertz CT molecular complexity index is 112. The summed E-state index contributed by atoms with van der Waals surface area (Å²) in [5, 5.41) is 5.08. The maximum absolute atomic E-state index is 9.98. The average Bonchev–Trinajstić information content (AvgIpc) is 1.98. The molecule has 3 heteroatoms. The molecule has 10 heavy (non-hydrogen) atoms. The lowest BCUT2D eigenvalue weighted by atomic mass is 10.3. The van der Waals surface area contributed by atoms with E-state index in [2.05, 4.69) is 12.0 Å². The third kappa shape index (κ3) is 5.28. The van der Waals surface area contributed by atoms with E-state index in [9.17, 15) is 4.79 Å². The van der Waals surface area contributed by atoms with E-state index in [1.54, 1.807) is 13.3 Å². The average molecular weight is 142 g/mol. The van der Waals surface area contributed by atoms with Crippen LogP contribution < -0.4 is 0 Å². The van der Waals surface area contributed by atoms with Crippen LogP contribution in [0.2, 0.25) is 0 Å². The van der Waals surface area contributed by atoms with E-state index in [4.69, 9.17) is 0 Å². The second-order valence-electron chi connectivity index (χ2n) is 2.12. The van der Waals surface area contributed by atoms with Crippen LogP contribution in [-0.2, 0) is 4.79 Å². The number of hydrogen-bond donors (Lipinski definition) is 0. The predicted molar refractivity (Wildman–Crippen MR) is 41.8 cm³/mol. The fourth-order valence-corrected chi connectivity index (χ4v) is 0.509. The highest BCUT2D eigenvalue weighted by Gasteiger charge is 1.82. The molecule has 0 aromatic heterocycles. The number of nitrogens with zero attached hydrogens (tertiary/aromatic N) is 2. The first kappa shape index (κ1) is 9.14. The van der Waals surface area contributed by atoms with Crippen LogP contribution in [0.5, 0.6) is 0 Å². The lowest BCUT2D eigenvalue weighted by Crippen LogP contribution is -2.06. The van der Waals surface area contributed by atoms with Gasteiger partial charge in [-0.1, -0.05) is 13.3 Å². The van der Waals surface area contributed by atoms with Crippen LogP contribution in [0.1, 0.15) is 26.2 Å². The summed E-state index contributed by atoms with van der Waals surface area (Å²) in [5.74, 6) is 0. The molecule has 0 aromatic rings. The van der Waals surface area contributed by atoms with Crippen molar-refractivity contribution in [3.63, 3.8) is 0 Å². The third-order valence-electron chi connectivity index (χ3n) is 1.10. The number of amides is 1. The van der Waals surface area contributed by atoms with Gasteiger partial charge < -0.3 is 0 Å². The van der Waals surface area contributed by atoms with Gasteiger partial charge >= 0.3 is 0 Å². The fraction of sp³-hybridized carbons (Fsp3) is 0.714. The van der Waals surface area contributed by atoms with Crippen LogP contribution in [0.25, 0.3) is 0 Å². The lowest BCUT2D eigenvalue weighted by Gasteiger charge is -1.99. The molecule has 1 amide bonds. The summed E-state index contributed by atoms with van der Waals surface area (Å²) in [6.07, 6.45) is 5.70. The molecule has 0 bridgehead atoms. The van der Waals surface area contributed by atoms with E-state index in [0.29, 0.717) is 6.41 Å². The van der Waals surface area contributed by atoms with Crippen molar-refractivity contribution in [3.05, 3.63) is 0 Å². The highest BCUT2D eigenvalue weighted by atomic mass is 16.1. The van der Waals surface area contributed by atoms with Gasteiger partial charge in [0.1, 0.15) is 0 Å². The number of carbonyl (C=O) groups is 1. The van der Waals surface area contributed by atoms with Gasteiger partial charge in [-0.2, -0.15) is 5.10 Å². The molecule has 3 nitrogen and oxygen atoms in total. The van der Waals surface area contributed by atoms with Crippen molar-refractivity contribution in [2.75, 3.05) is 7.05 Å². The van der Waals surface area contributed by atoms with E-state index in [1.807, 2.05) is 0 Å². The predicted octanol–water partition coefficient (Wildman–Crippen LogP) is 1.25. The van der Waals surface area contributed by atoms with Crippen molar-refractivity contribution >= 4 is 12.6 Å². The van der Waals surface area contributed by atoms with Gasteiger partial charge in [-0.15, -0.1) is 0 Å². The maximum Gasteiger partial charge on any atom is 0.229 e. The minimum atomic E-state index is 0.683. The normalized spacial score (nSPS) is 10.2. The van der Waals surface area contributed by atoms with Gasteiger partial charge in [0.2, 0.25) is 6.41 Å². The molecule has 0 rings (SSSR count). The highest BCUT2D eigenvalue weighted by Crippen LogP contribution is 1.89. The third-order valence-corrected chi connectivity index (χ3v) is 1.10. The van der Waals surface area contributed by atoms with Crippen molar-refractivity contribution in [2.24, 2.45) is 5.10 Å². The van der Waals surface area contributed by atoms with Crippen LogP contribution in [0.4, 0.5) is 0 Å². The van der Waals surface area contributed by atoms with Gasteiger partial charge in [-0.05, 0) is 12.8 Å². The molecule has 0 unspecified atom stereocenters. The standard InChI is InChI=1S/C7H14N2O/c1-3-4-5-6-8-9(2)7-10/h6-7H,3-5H2,1-2H3/b8-6-. The number of rotatable bonds is 5. The van der Waals surface area contributed by atoms with Crippen molar-refractivity contribution in [3.8, 4) is 0 Å². The molecule has 58 valence electrons. The van der Waals surface area contributed by atoms with E-state index < -0.39 is 0 Å². The topological polar surface area (TPSA) is 32.7 Å². The van der Waals surface area contributed by atoms with Crippen molar-refractivity contribution in [1.29, 1.82) is 0 Å². The molecule has 0 saturated carbocycles. The highest BCUT2D eigenvalue weighted by molar-refractivity contribution is 5.59. The second kappa shape index (κ2) is 6.26. The summed E-state index contributed by atoms with van der Waals surface area (Å²) in [6, 6.07) is 0. The molecule has 0 aliphatic heterocycles. The van der Waals surface area contributed by atoms with Gasteiger partial charge in [-0.25, -0.2) is 5.01 Å². The minimum Gasteiger partial charge on any atom is -0.277 e. The van der Waals surface area contributed by atoms with Crippen LogP contribution >= 0.6 is 0 Å². The Morgan fingerprint density at radius 3 is 2.80 bits per heavy atom. The molecule has 0 radical (unpaired) electrons. The molecule has 0 fully saturated rings. The van der Waals surface area contributed by atoms with E-state index in [0.717, 1.165) is 19.3 Å². The Hall–Kier alpha value is -0.860. The second-order valence-corrected chi connectivity index (χ2v) is 2.12.